The van der Waals surface area contributed by atoms with Gasteiger partial charge in [0.05, 0.1) is 12.1 Å². The molecule has 5 rings (SSSR count). The number of pyridine rings is 1. The Kier molecular flexibility index (Phi) is 5.87. The quantitative estimate of drug-likeness (QED) is 0.614. The fraction of sp³-hybridized carbons (Fsp3) is 0.333. The van der Waals surface area contributed by atoms with Gasteiger partial charge in [0.2, 0.25) is 5.91 Å². The number of hydrogen-bond donors (Lipinski definition) is 2. The van der Waals surface area contributed by atoms with Crippen LogP contribution in [-0.4, -0.2) is 46.7 Å². The van der Waals surface area contributed by atoms with Crippen LogP contribution < -0.4 is 10.9 Å². The topological polar surface area (TPSA) is 74.6 Å². The van der Waals surface area contributed by atoms with Crippen molar-refractivity contribution in [2.24, 2.45) is 11.8 Å². The van der Waals surface area contributed by atoms with Gasteiger partial charge in [0.15, 0.2) is 0 Å². The maximum atomic E-state index is 13.3. The summed E-state index contributed by atoms with van der Waals surface area (Å²) in [4.78, 5) is 28.5. The molecule has 1 saturated heterocycles. The summed E-state index contributed by atoms with van der Waals surface area (Å²) in [5, 5.41) is 13.3. The SMILES string of the molecule is CN1[C@@H]2c3ccc(-c4ccccc4)c(=O)n3C[C@@H]2[C@@H](CO)[C@@H]1C(=O)NCCc1ccccc1. The Bertz CT molecular complexity index is 1190. The number of likely N-dealkylation sites (tertiary alicyclic amines) is 1. The third kappa shape index (κ3) is 3.79. The third-order valence-corrected chi connectivity index (χ3v) is 7.26. The van der Waals surface area contributed by atoms with Gasteiger partial charge in [0, 0.05) is 42.8 Å². The monoisotopic (exact) mass is 443 g/mol. The molecule has 2 aromatic carbocycles. The Morgan fingerprint density at radius 1 is 1.03 bits per heavy atom. The Morgan fingerprint density at radius 3 is 2.42 bits per heavy atom. The molecule has 6 nitrogen and oxygen atoms in total. The second-order valence-electron chi connectivity index (χ2n) is 9.05. The number of likely N-dealkylation sites (N-methyl/N-ethyl adjacent to an activating group) is 1. The van der Waals surface area contributed by atoms with Crippen molar-refractivity contribution in [2.45, 2.75) is 25.0 Å². The first-order chi connectivity index (χ1) is 16.1. The van der Waals surface area contributed by atoms with Crippen LogP contribution in [0.4, 0.5) is 0 Å². The summed E-state index contributed by atoms with van der Waals surface area (Å²) in [5.74, 6) is -0.267. The summed E-state index contributed by atoms with van der Waals surface area (Å²) in [5.41, 5.74) is 3.67. The number of nitrogens with zero attached hydrogens (tertiary/aromatic N) is 2. The summed E-state index contributed by atoms with van der Waals surface area (Å²) in [6, 6.07) is 23.2. The van der Waals surface area contributed by atoms with Gasteiger partial charge in [-0.05, 0) is 36.7 Å². The van der Waals surface area contributed by atoms with Crippen molar-refractivity contribution in [1.82, 2.24) is 14.8 Å². The molecule has 3 aromatic rings. The van der Waals surface area contributed by atoms with E-state index in [9.17, 15) is 14.7 Å². The van der Waals surface area contributed by atoms with Crippen LogP contribution in [-0.2, 0) is 17.8 Å². The molecule has 3 heterocycles. The van der Waals surface area contributed by atoms with E-state index in [1.165, 1.54) is 5.56 Å². The lowest BCUT2D eigenvalue weighted by Gasteiger charge is -2.27. The molecule has 1 amide bonds. The first-order valence-corrected chi connectivity index (χ1v) is 11.5. The van der Waals surface area contributed by atoms with E-state index in [4.69, 9.17) is 0 Å². The Hall–Kier alpha value is -3.22. The highest BCUT2D eigenvalue weighted by atomic mass is 16.3. The molecule has 0 saturated carbocycles. The molecule has 0 unspecified atom stereocenters. The van der Waals surface area contributed by atoms with Crippen LogP contribution in [0.1, 0.15) is 17.3 Å². The number of aliphatic hydroxyl groups is 1. The number of amides is 1. The predicted octanol–water partition coefficient (Wildman–Crippen LogP) is 2.47. The normalized spacial score (nSPS) is 23.8. The highest BCUT2D eigenvalue weighted by molar-refractivity contribution is 5.82. The van der Waals surface area contributed by atoms with E-state index in [2.05, 4.69) is 5.32 Å². The Balaban J connectivity index is 1.36. The van der Waals surface area contributed by atoms with E-state index in [1.807, 2.05) is 89.3 Å². The van der Waals surface area contributed by atoms with Crippen LogP contribution in [0.25, 0.3) is 11.1 Å². The van der Waals surface area contributed by atoms with Gasteiger partial charge in [0.25, 0.3) is 5.56 Å². The number of nitrogens with one attached hydrogen (secondary N) is 1. The zero-order valence-corrected chi connectivity index (χ0v) is 18.7. The maximum Gasteiger partial charge on any atom is 0.258 e. The summed E-state index contributed by atoms with van der Waals surface area (Å²) >= 11 is 0. The zero-order valence-electron chi connectivity index (χ0n) is 18.7. The van der Waals surface area contributed by atoms with Crippen LogP contribution >= 0.6 is 0 Å². The van der Waals surface area contributed by atoms with Crippen molar-refractivity contribution in [3.05, 3.63) is 94.4 Å². The number of carbonyl (C=O) groups excluding carboxylic acids is 1. The van der Waals surface area contributed by atoms with Crippen LogP contribution in [0.3, 0.4) is 0 Å². The van der Waals surface area contributed by atoms with Gasteiger partial charge in [-0.1, -0.05) is 60.7 Å². The first kappa shape index (κ1) is 21.6. The van der Waals surface area contributed by atoms with Crippen LogP contribution in [0.2, 0.25) is 0 Å². The highest BCUT2D eigenvalue weighted by Crippen LogP contribution is 2.48. The number of fused-ring (bicyclic) bond motifs is 3. The lowest BCUT2D eigenvalue weighted by Crippen LogP contribution is -2.47. The van der Waals surface area contributed by atoms with Crippen LogP contribution in [0, 0.1) is 11.8 Å². The van der Waals surface area contributed by atoms with Crippen molar-refractivity contribution in [1.29, 1.82) is 0 Å². The first-order valence-electron chi connectivity index (χ1n) is 11.5. The van der Waals surface area contributed by atoms with Gasteiger partial charge in [0.1, 0.15) is 0 Å². The molecule has 33 heavy (non-hydrogen) atoms. The summed E-state index contributed by atoms with van der Waals surface area (Å²) in [7, 11) is 1.93. The molecule has 1 aromatic heterocycles. The van der Waals surface area contributed by atoms with Gasteiger partial charge >= 0.3 is 0 Å². The van der Waals surface area contributed by atoms with E-state index >= 15 is 0 Å². The molecule has 0 aliphatic carbocycles. The van der Waals surface area contributed by atoms with Crippen LogP contribution in [0.5, 0.6) is 0 Å². The summed E-state index contributed by atoms with van der Waals surface area (Å²) in [6.45, 7) is 0.983. The minimum Gasteiger partial charge on any atom is -0.396 e. The molecular formula is C27H29N3O3. The van der Waals surface area contributed by atoms with Gasteiger partial charge in [-0.25, -0.2) is 0 Å². The molecule has 6 heteroatoms. The summed E-state index contributed by atoms with van der Waals surface area (Å²) in [6.07, 6.45) is 0.764. The number of aliphatic hydroxyl groups excluding tert-OH is 1. The van der Waals surface area contributed by atoms with Gasteiger partial charge in [-0.15, -0.1) is 0 Å². The van der Waals surface area contributed by atoms with Gasteiger partial charge in [-0.2, -0.15) is 0 Å². The molecule has 1 fully saturated rings. The number of aromatic nitrogens is 1. The smallest absolute Gasteiger partial charge is 0.258 e. The minimum absolute atomic E-state index is 0.0120. The molecule has 170 valence electrons. The number of hydrogen-bond acceptors (Lipinski definition) is 4. The van der Waals surface area contributed by atoms with Crippen molar-refractivity contribution in [3.63, 3.8) is 0 Å². The van der Waals surface area contributed by atoms with E-state index < -0.39 is 6.04 Å². The maximum absolute atomic E-state index is 13.3. The lowest BCUT2D eigenvalue weighted by atomic mass is 9.88. The Labute approximate surface area is 193 Å². The van der Waals surface area contributed by atoms with Gasteiger partial charge < -0.3 is 15.0 Å². The minimum atomic E-state index is -0.418. The van der Waals surface area contributed by atoms with Crippen molar-refractivity contribution < 1.29 is 9.90 Å². The number of rotatable bonds is 6. The molecule has 0 spiro atoms. The van der Waals surface area contributed by atoms with Gasteiger partial charge in [-0.3, -0.25) is 14.5 Å². The summed E-state index contributed by atoms with van der Waals surface area (Å²) < 4.78 is 1.83. The highest BCUT2D eigenvalue weighted by Gasteiger charge is 2.54. The number of benzene rings is 2. The molecule has 2 N–H and O–H groups in total. The predicted molar refractivity (Wildman–Crippen MR) is 128 cm³/mol. The van der Waals surface area contributed by atoms with E-state index in [1.54, 1.807) is 0 Å². The molecule has 2 aliphatic rings. The van der Waals surface area contributed by atoms with Crippen molar-refractivity contribution in [3.8, 4) is 11.1 Å². The fourth-order valence-corrected chi connectivity index (χ4v) is 5.69. The molecule has 4 atom stereocenters. The largest absolute Gasteiger partial charge is 0.396 e. The lowest BCUT2D eigenvalue weighted by molar-refractivity contribution is -0.127. The average Bonchev–Trinajstić information content (AvgIpc) is 3.36. The molecule has 2 aliphatic heterocycles. The van der Waals surface area contributed by atoms with Crippen molar-refractivity contribution >= 4 is 5.91 Å². The second-order valence-corrected chi connectivity index (χ2v) is 9.05. The third-order valence-electron chi connectivity index (χ3n) is 7.26. The zero-order chi connectivity index (χ0) is 22.9. The standard InChI is InChI=1S/C27H29N3O3/c1-29-24-21(16-30-23(24)13-12-20(27(30)33)19-10-6-3-7-11-19)22(17-31)25(29)26(32)28-15-14-18-8-4-2-5-9-18/h2-13,21-22,24-25,31H,14-17H2,1H3,(H,28,32)/t21-,22-,24+,25-/m1/s1. The van der Waals surface area contributed by atoms with E-state index in [-0.39, 0.29) is 36.0 Å². The molecule has 0 radical (unpaired) electrons. The second kappa shape index (κ2) is 8.96. The van der Waals surface area contributed by atoms with Crippen molar-refractivity contribution in [2.75, 3.05) is 20.2 Å². The molecular weight excluding hydrogens is 414 g/mol. The average molecular weight is 444 g/mol. The Morgan fingerprint density at radius 2 is 1.73 bits per heavy atom. The fourth-order valence-electron chi connectivity index (χ4n) is 5.69. The van der Waals surface area contributed by atoms with E-state index in [0.29, 0.717) is 18.7 Å². The number of carbonyl (C=O) groups is 1. The molecule has 0 bridgehead atoms. The van der Waals surface area contributed by atoms with Crippen LogP contribution in [0.15, 0.2) is 77.6 Å². The van der Waals surface area contributed by atoms with E-state index in [0.717, 1.165) is 17.7 Å².